The quantitative estimate of drug-likeness (QED) is 0.702. The number of nitrogens with zero attached hydrogens (tertiary/aromatic N) is 2. The van der Waals surface area contributed by atoms with Crippen LogP contribution in [0.3, 0.4) is 0 Å². The topological polar surface area (TPSA) is 8.17 Å². The van der Waals surface area contributed by atoms with Gasteiger partial charge in [0.2, 0.25) is 0 Å². The minimum absolute atomic E-state index is 0.348. The first-order valence-corrected chi connectivity index (χ1v) is 7.18. The summed E-state index contributed by atoms with van der Waals surface area (Å²) in [5, 5.41) is 0.958. The Morgan fingerprint density at radius 1 is 0.955 bits per heavy atom. The van der Waals surface area contributed by atoms with Crippen LogP contribution in [0.4, 0.5) is 13.2 Å². The Kier molecular flexibility index (Phi) is 3.83. The van der Waals surface area contributed by atoms with Gasteiger partial charge in [0.1, 0.15) is 17.5 Å². The van der Waals surface area contributed by atoms with Crippen molar-refractivity contribution in [2.24, 2.45) is 0 Å². The van der Waals surface area contributed by atoms with Crippen molar-refractivity contribution in [1.82, 2.24) is 9.47 Å². The van der Waals surface area contributed by atoms with Gasteiger partial charge in [-0.15, -0.1) is 0 Å². The molecular weight excluding hydrogens is 289 g/mol. The van der Waals surface area contributed by atoms with Crippen molar-refractivity contribution in [3.8, 4) is 0 Å². The van der Waals surface area contributed by atoms with Crippen LogP contribution in [-0.2, 0) is 6.54 Å². The number of fused-ring (bicyclic) bond motifs is 3. The summed E-state index contributed by atoms with van der Waals surface area (Å²) in [5.74, 6) is -1.62. The van der Waals surface area contributed by atoms with Gasteiger partial charge >= 0.3 is 0 Å². The SMILES string of the molecule is CN(C)CCCn1c2cc(F)ccc2c2c(F)cc(F)cc21. The van der Waals surface area contributed by atoms with Gasteiger partial charge in [-0.25, -0.2) is 13.2 Å². The van der Waals surface area contributed by atoms with E-state index in [0.29, 0.717) is 28.4 Å². The average molecular weight is 306 g/mol. The lowest BCUT2D eigenvalue weighted by molar-refractivity contribution is 0.389. The highest BCUT2D eigenvalue weighted by Gasteiger charge is 2.16. The van der Waals surface area contributed by atoms with Crippen molar-refractivity contribution in [1.29, 1.82) is 0 Å². The van der Waals surface area contributed by atoms with Crippen LogP contribution < -0.4 is 0 Å². The fraction of sp³-hybridized carbons (Fsp3) is 0.294. The van der Waals surface area contributed by atoms with E-state index in [2.05, 4.69) is 0 Å². The minimum atomic E-state index is -0.623. The molecule has 3 rings (SSSR count). The molecule has 1 aromatic heterocycles. The molecule has 22 heavy (non-hydrogen) atoms. The molecule has 0 aliphatic heterocycles. The van der Waals surface area contributed by atoms with Gasteiger partial charge in [-0.3, -0.25) is 0 Å². The minimum Gasteiger partial charge on any atom is -0.340 e. The van der Waals surface area contributed by atoms with E-state index in [1.807, 2.05) is 19.0 Å². The maximum Gasteiger partial charge on any atom is 0.136 e. The molecule has 0 bridgehead atoms. The third kappa shape index (κ3) is 2.57. The molecule has 0 N–H and O–H groups in total. The van der Waals surface area contributed by atoms with E-state index in [1.165, 1.54) is 18.2 Å². The lowest BCUT2D eigenvalue weighted by atomic mass is 10.1. The molecule has 1 heterocycles. The highest BCUT2D eigenvalue weighted by atomic mass is 19.1. The lowest BCUT2D eigenvalue weighted by Gasteiger charge is -2.11. The van der Waals surface area contributed by atoms with Crippen LogP contribution in [-0.4, -0.2) is 30.1 Å². The van der Waals surface area contributed by atoms with Gasteiger partial charge in [0.25, 0.3) is 0 Å². The third-order valence-corrected chi connectivity index (χ3v) is 3.83. The molecular formula is C17H17F3N2. The molecule has 0 atom stereocenters. The summed E-state index contributed by atoms with van der Waals surface area (Å²) in [6.07, 6.45) is 0.806. The van der Waals surface area contributed by atoms with Gasteiger partial charge in [-0.05, 0) is 51.3 Å². The van der Waals surface area contributed by atoms with Crippen molar-refractivity contribution in [3.05, 3.63) is 47.8 Å². The summed E-state index contributed by atoms with van der Waals surface area (Å²) in [4.78, 5) is 2.04. The highest BCUT2D eigenvalue weighted by Crippen LogP contribution is 2.32. The zero-order chi connectivity index (χ0) is 15.9. The molecule has 0 fully saturated rings. The summed E-state index contributed by atoms with van der Waals surface area (Å²) >= 11 is 0. The van der Waals surface area contributed by atoms with E-state index in [4.69, 9.17) is 0 Å². The largest absolute Gasteiger partial charge is 0.340 e. The van der Waals surface area contributed by atoms with Crippen molar-refractivity contribution >= 4 is 21.8 Å². The third-order valence-electron chi connectivity index (χ3n) is 3.83. The molecule has 0 spiro atoms. The second-order valence-electron chi connectivity index (χ2n) is 5.75. The number of hydrogen-bond acceptors (Lipinski definition) is 1. The fourth-order valence-electron chi connectivity index (χ4n) is 2.89. The molecule has 2 nitrogen and oxygen atoms in total. The zero-order valence-electron chi connectivity index (χ0n) is 12.5. The van der Waals surface area contributed by atoms with Gasteiger partial charge in [0, 0.05) is 23.4 Å². The predicted octanol–water partition coefficient (Wildman–Crippen LogP) is 4.16. The molecule has 0 amide bonds. The second-order valence-corrected chi connectivity index (χ2v) is 5.75. The van der Waals surface area contributed by atoms with Crippen LogP contribution >= 0.6 is 0 Å². The Bertz CT molecular complexity index is 837. The number of rotatable bonds is 4. The zero-order valence-corrected chi connectivity index (χ0v) is 12.5. The number of benzene rings is 2. The highest BCUT2D eigenvalue weighted by molar-refractivity contribution is 6.08. The fourth-order valence-corrected chi connectivity index (χ4v) is 2.89. The first kappa shape index (κ1) is 14.9. The van der Waals surface area contributed by atoms with Crippen molar-refractivity contribution in [3.63, 3.8) is 0 Å². The van der Waals surface area contributed by atoms with E-state index in [-0.39, 0.29) is 5.82 Å². The summed E-state index contributed by atoms with van der Waals surface area (Å²) in [5.41, 5.74) is 1.06. The molecule has 116 valence electrons. The average Bonchev–Trinajstić information content (AvgIpc) is 2.72. The van der Waals surface area contributed by atoms with Crippen LogP contribution in [0.5, 0.6) is 0 Å². The number of aromatic nitrogens is 1. The van der Waals surface area contributed by atoms with Crippen LogP contribution in [0.2, 0.25) is 0 Å². The number of halogens is 3. The van der Waals surface area contributed by atoms with Crippen LogP contribution in [0.15, 0.2) is 30.3 Å². The van der Waals surface area contributed by atoms with Gasteiger partial charge < -0.3 is 9.47 Å². The van der Waals surface area contributed by atoms with E-state index in [9.17, 15) is 13.2 Å². The second kappa shape index (κ2) is 5.65. The van der Waals surface area contributed by atoms with E-state index >= 15 is 0 Å². The maximum atomic E-state index is 14.2. The standard InChI is InChI=1S/C17H17F3N2/c1-21(2)6-3-7-22-15-9-11(18)4-5-13(15)17-14(20)8-12(19)10-16(17)22/h4-5,8-10H,3,6-7H2,1-2H3. The molecule has 0 saturated heterocycles. The molecule has 3 aromatic rings. The van der Waals surface area contributed by atoms with Gasteiger partial charge in [-0.2, -0.15) is 0 Å². The molecule has 0 aliphatic rings. The van der Waals surface area contributed by atoms with E-state index in [1.54, 1.807) is 10.6 Å². The van der Waals surface area contributed by atoms with Crippen LogP contribution in [0.1, 0.15) is 6.42 Å². The Labute approximate surface area is 126 Å². The van der Waals surface area contributed by atoms with Crippen LogP contribution in [0.25, 0.3) is 21.8 Å². The summed E-state index contributed by atoms with van der Waals surface area (Å²) < 4.78 is 43.2. The van der Waals surface area contributed by atoms with Gasteiger partial charge in [-0.1, -0.05) is 0 Å². The maximum absolute atomic E-state index is 14.2. The summed E-state index contributed by atoms with van der Waals surface area (Å²) in [6, 6.07) is 6.41. The lowest BCUT2D eigenvalue weighted by Crippen LogP contribution is -2.15. The molecule has 0 aliphatic carbocycles. The number of aryl methyl sites for hydroxylation is 1. The normalized spacial score (nSPS) is 11.9. The molecule has 5 heteroatoms. The molecule has 0 unspecified atom stereocenters. The Morgan fingerprint density at radius 3 is 2.41 bits per heavy atom. The van der Waals surface area contributed by atoms with Crippen LogP contribution in [0, 0.1) is 17.5 Å². The van der Waals surface area contributed by atoms with Crippen molar-refractivity contribution in [2.45, 2.75) is 13.0 Å². The Morgan fingerprint density at radius 2 is 1.68 bits per heavy atom. The first-order valence-electron chi connectivity index (χ1n) is 7.18. The Balaban J connectivity index is 2.23. The predicted molar refractivity (Wildman–Crippen MR) is 82.5 cm³/mol. The van der Waals surface area contributed by atoms with Crippen molar-refractivity contribution < 1.29 is 13.2 Å². The molecule has 0 radical (unpaired) electrons. The van der Waals surface area contributed by atoms with Crippen molar-refractivity contribution in [2.75, 3.05) is 20.6 Å². The van der Waals surface area contributed by atoms with E-state index < -0.39 is 11.6 Å². The molecule has 2 aromatic carbocycles. The monoisotopic (exact) mass is 306 g/mol. The summed E-state index contributed by atoms with van der Waals surface area (Å²) in [7, 11) is 3.93. The number of hydrogen-bond donors (Lipinski definition) is 0. The Hall–Kier alpha value is -2.01. The smallest absolute Gasteiger partial charge is 0.136 e. The van der Waals surface area contributed by atoms with E-state index in [0.717, 1.165) is 19.0 Å². The molecule has 0 saturated carbocycles. The first-order chi connectivity index (χ1) is 10.5. The van der Waals surface area contributed by atoms with Gasteiger partial charge in [0.15, 0.2) is 0 Å². The summed E-state index contributed by atoms with van der Waals surface area (Å²) in [6.45, 7) is 1.42. The van der Waals surface area contributed by atoms with Gasteiger partial charge in [0.05, 0.1) is 11.0 Å².